The lowest BCUT2D eigenvalue weighted by atomic mass is 10.1. The van der Waals surface area contributed by atoms with Gasteiger partial charge in [0.05, 0.1) is 17.7 Å². The van der Waals surface area contributed by atoms with Crippen molar-refractivity contribution in [2.75, 3.05) is 7.11 Å². The molecule has 0 aliphatic heterocycles. The second kappa shape index (κ2) is 7.07. The molecule has 1 aromatic carbocycles. The fourth-order valence-corrected chi connectivity index (χ4v) is 2.89. The Balaban J connectivity index is 1.70. The molecular weight excluding hydrogens is 308 g/mol. The molecule has 2 aromatic heterocycles. The van der Waals surface area contributed by atoms with E-state index in [9.17, 15) is 4.79 Å². The predicted octanol–water partition coefficient (Wildman–Crippen LogP) is 3.75. The van der Waals surface area contributed by atoms with Crippen molar-refractivity contribution in [1.82, 2.24) is 10.3 Å². The van der Waals surface area contributed by atoms with Gasteiger partial charge in [-0.3, -0.25) is 9.78 Å². The normalized spacial score (nSPS) is 10.3. The maximum atomic E-state index is 12.3. The van der Waals surface area contributed by atoms with E-state index in [2.05, 4.69) is 10.3 Å². The molecule has 3 rings (SSSR count). The summed E-state index contributed by atoms with van der Waals surface area (Å²) in [5, 5.41) is 4.91. The van der Waals surface area contributed by atoms with Crippen LogP contribution < -0.4 is 10.1 Å². The summed E-state index contributed by atoms with van der Waals surface area (Å²) in [4.78, 5) is 17.7. The molecule has 5 heteroatoms. The van der Waals surface area contributed by atoms with Crippen molar-refractivity contribution in [3.05, 3.63) is 71.2 Å². The molecule has 116 valence electrons. The zero-order valence-electron chi connectivity index (χ0n) is 12.7. The van der Waals surface area contributed by atoms with E-state index in [1.807, 2.05) is 47.8 Å². The number of nitrogens with one attached hydrogen (secondary N) is 1. The minimum absolute atomic E-state index is 0.118. The van der Waals surface area contributed by atoms with Gasteiger partial charge in [-0.2, -0.15) is 0 Å². The number of aromatic nitrogens is 1. The molecule has 23 heavy (non-hydrogen) atoms. The fourth-order valence-electron chi connectivity index (χ4n) is 2.20. The van der Waals surface area contributed by atoms with Crippen LogP contribution in [0.2, 0.25) is 0 Å². The minimum Gasteiger partial charge on any atom is -0.497 e. The van der Waals surface area contributed by atoms with Crippen molar-refractivity contribution >= 4 is 17.2 Å². The number of nitrogens with zero attached hydrogens (tertiary/aromatic N) is 1. The molecule has 0 saturated heterocycles. The van der Waals surface area contributed by atoms with E-state index < -0.39 is 0 Å². The quantitative estimate of drug-likeness (QED) is 0.777. The summed E-state index contributed by atoms with van der Waals surface area (Å²) in [6, 6.07) is 15.1. The second-order valence-corrected chi connectivity index (χ2v) is 5.89. The Kier molecular flexibility index (Phi) is 4.68. The van der Waals surface area contributed by atoms with Gasteiger partial charge in [0.1, 0.15) is 5.75 Å². The summed E-state index contributed by atoms with van der Waals surface area (Å²) in [6.07, 6.45) is 1.66. The van der Waals surface area contributed by atoms with Crippen LogP contribution in [0.25, 0.3) is 10.6 Å². The lowest BCUT2D eigenvalue weighted by molar-refractivity contribution is 0.0951. The van der Waals surface area contributed by atoms with E-state index in [0.717, 1.165) is 21.9 Å². The standard InChI is InChI=1S/C18H16N2O2S/c1-22-15-5-2-4-13(10-15)12-20-18(21)14-7-8-19-16(11-14)17-6-3-9-23-17/h2-11H,12H2,1H3,(H,20,21). The molecule has 0 radical (unpaired) electrons. The lowest BCUT2D eigenvalue weighted by Crippen LogP contribution is -2.22. The Bertz CT molecular complexity index is 800. The van der Waals surface area contributed by atoms with Gasteiger partial charge >= 0.3 is 0 Å². The molecule has 0 spiro atoms. The Labute approximate surface area is 138 Å². The first-order valence-electron chi connectivity index (χ1n) is 7.17. The Morgan fingerprint density at radius 2 is 2.13 bits per heavy atom. The van der Waals surface area contributed by atoms with E-state index in [-0.39, 0.29) is 5.91 Å². The van der Waals surface area contributed by atoms with Gasteiger partial charge in [0.15, 0.2) is 0 Å². The number of ether oxygens (including phenoxy) is 1. The van der Waals surface area contributed by atoms with Gasteiger partial charge < -0.3 is 10.1 Å². The van der Waals surface area contributed by atoms with Crippen molar-refractivity contribution in [3.63, 3.8) is 0 Å². The molecule has 3 aromatic rings. The van der Waals surface area contributed by atoms with Crippen LogP contribution in [0, 0.1) is 0 Å². The summed E-state index contributed by atoms with van der Waals surface area (Å²) in [5.74, 6) is 0.661. The van der Waals surface area contributed by atoms with E-state index in [1.165, 1.54) is 0 Å². The largest absolute Gasteiger partial charge is 0.497 e. The molecule has 0 unspecified atom stereocenters. The average molecular weight is 324 g/mol. The highest BCUT2D eigenvalue weighted by Gasteiger charge is 2.08. The molecule has 2 heterocycles. The van der Waals surface area contributed by atoms with Crippen LogP contribution in [0.15, 0.2) is 60.1 Å². The Morgan fingerprint density at radius 1 is 1.22 bits per heavy atom. The first-order valence-corrected chi connectivity index (χ1v) is 8.05. The highest BCUT2D eigenvalue weighted by Crippen LogP contribution is 2.23. The molecule has 1 N–H and O–H groups in total. The Morgan fingerprint density at radius 3 is 2.91 bits per heavy atom. The highest BCUT2D eigenvalue weighted by molar-refractivity contribution is 7.13. The number of methoxy groups -OCH3 is 1. The second-order valence-electron chi connectivity index (χ2n) is 4.94. The maximum absolute atomic E-state index is 12.3. The number of benzene rings is 1. The average Bonchev–Trinajstić information content (AvgIpc) is 3.14. The van der Waals surface area contributed by atoms with Gasteiger partial charge in [-0.1, -0.05) is 18.2 Å². The van der Waals surface area contributed by atoms with Gasteiger partial charge in [0, 0.05) is 18.3 Å². The topological polar surface area (TPSA) is 51.2 Å². The number of hydrogen-bond donors (Lipinski definition) is 1. The molecule has 0 aliphatic rings. The molecule has 0 saturated carbocycles. The SMILES string of the molecule is COc1cccc(CNC(=O)c2ccnc(-c3cccs3)c2)c1. The van der Waals surface area contributed by atoms with Crippen LogP contribution in [-0.2, 0) is 6.54 Å². The van der Waals surface area contributed by atoms with Gasteiger partial charge in [-0.05, 0) is 41.3 Å². The van der Waals surface area contributed by atoms with Crippen LogP contribution in [0.1, 0.15) is 15.9 Å². The minimum atomic E-state index is -0.118. The van der Waals surface area contributed by atoms with Crippen molar-refractivity contribution in [2.24, 2.45) is 0 Å². The number of carbonyl (C=O) groups excluding carboxylic acids is 1. The van der Waals surface area contributed by atoms with E-state index >= 15 is 0 Å². The van der Waals surface area contributed by atoms with Gasteiger partial charge in [-0.15, -0.1) is 11.3 Å². The smallest absolute Gasteiger partial charge is 0.251 e. The summed E-state index contributed by atoms with van der Waals surface area (Å²) in [6.45, 7) is 0.451. The van der Waals surface area contributed by atoms with Crippen molar-refractivity contribution in [2.45, 2.75) is 6.54 Å². The van der Waals surface area contributed by atoms with Crippen LogP contribution in [-0.4, -0.2) is 18.0 Å². The van der Waals surface area contributed by atoms with Crippen molar-refractivity contribution in [3.8, 4) is 16.3 Å². The summed E-state index contributed by atoms with van der Waals surface area (Å²) in [7, 11) is 1.63. The lowest BCUT2D eigenvalue weighted by Gasteiger charge is -2.07. The zero-order chi connectivity index (χ0) is 16.1. The zero-order valence-corrected chi connectivity index (χ0v) is 13.5. The van der Waals surface area contributed by atoms with Crippen LogP contribution in [0.5, 0.6) is 5.75 Å². The molecule has 0 aliphatic carbocycles. The van der Waals surface area contributed by atoms with Gasteiger partial charge in [0.2, 0.25) is 0 Å². The summed E-state index contributed by atoms with van der Waals surface area (Å²) < 4.78 is 5.18. The van der Waals surface area contributed by atoms with Crippen molar-refractivity contribution < 1.29 is 9.53 Å². The van der Waals surface area contributed by atoms with Gasteiger partial charge in [-0.25, -0.2) is 0 Å². The molecule has 4 nitrogen and oxygen atoms in total. The fraction of sp³-hybridized carbons (Fsp3) is 0.111. The highest BCUT2D eigenvalue weighted by atomic mass is 32.1. The van der Waals surface area contributed by atoms with Crippen LogP contribution >= 0.6 is 11.3 Å². The number of hydrogen-bond acceptors (Lipinski definition) is 4. The van der Waals surface area contributed by atoms with Crippen LogP contribution in [0.3, 0.4) is 0 Å². The van der Waals surface area contributed by atoms with Crippen molar-refractivity contribution in [1.29, 1.82) is 0 Å². The monoisotopic (exact) mass is 324 g/mol. The molecule has 1 amide bonds. The summed E-state index contributed by atoms with van der Waals surface area (Å²) >= 11 is 1.60. The van der Waals surface area contributed by atoms with Gasteiger partial charge in [0.25, 0.3) is 5.91 Å². The maximum Gasteiger partial charge on any atom is 0.251 e. The number of rotatable bonds is 5. The molecule has 0 bridgehead atoms. The van der Waals surface area contributed by atoms with E-state index in [1.54, 1.807) is 30.7 Å². The molecule has 0 fully saturated rings. The van der Waals surface area contributed by atoms with Crippen LogP contribution in [0.4, 0.5) is 0 Å². The number of pyridine rings is 1. The summed E-state index contributed by atoms with van der Waals surface area (Å²) in [5.41, 5.74) is 2.41. The third kappa shape index (κ3) is 3.76. The number of thiophene rings is 1. The number of amides is 1. The Hall–Kier alpha value is -2.66. The number of carbonyl (C=O) groups is 1. The van der Waals surface area contributed by atoms with E-state index in [4.69, 9.17) is 4.74 Å². The molecular formula is C18H16N2O2S. The first kappa shape index (κ1) is 15.2. The van der Waals surface area contributed by atoms with E-state index in [0.29, 0.717) is 12.1 Å². The first-order chi connectivity index (χ1) is 11.3. The third-order valence-electron chi connectivity index (χ3n) is 3.38. The molecule has 0 atom stereocenters. The predicted molar refractivity (Wildman–Crippen MR) is 91.7 cm³/mol. The third-order valence-corrected chi connectivity index (χ3v) is 4.28.